The Balaban J connectivity index is 1.71. The van der Waals surface area contributed by atoms with Gasteiger partial charge in [-0.25, -0.2) is 0 Å². The zero-order chi connectivity index (χ0) is 13.7. The molecular weight excluding hydrogens is 262 g/mol. The van der Waals surface area contributed by atoms with E-state index in [0.29, 0.717) is 0 Å². The minimum absolute atomic E-state index is 0.223. The number of halogens is 1. The normalized spacial score (nSPS) is 17.4. The molecule has 1 aromatic rings. The van der Waals surface area contributed by atoms with Gasteiger partial charge < -0.3 is 4.84 Å². The first-order chi connectivity index (χ1) is 9.13. The fourth-order valence-electron chi connectivity index (χ4n) is 2.49. The van der Waals surface area contributed by atoms with Crippen molar-refractivity contribution in [3.05, 3.63) is 34.9 Å². The van der Waals surface area contributed by atoms with Gasteiger partial charge in [-0.1, -0.05) is 23.7 Å². The van der Waals surface area contributed by atoms with Gasteiger partial charge in [-0.05, 0) is 49.3 Å². The molecule has 0 amide bonds. The zero-order valence-electron chi connectivity index (χ0n) is 11.3. The number of benzene rings is 1. The van der Waals surface area contributed by atoms with Crippen LogP contribution in [0, 0.1) is 5.92 Å². The summed E-state index contributed by atoms with van der Waals surface area (Å²) in [4.78, 5) is 16.0. The highest BCUT2D eigenvalue weighted by atomic mass is 35.5. The number of hydrogen-bond acceptors (Lipinski definition) is 3. The van der Waals surface area contributed by atoms with E-state index in [2.05, 4.69) is 12.1 Å². The number of rotatable bonds is 4. The van der Waals surface area contributed by atoms with Gasteiger partial charge in [-0.3, -0.25) is 4.79 Å². The fraction of sp³-hybridized carbons (Fsp3) is 0.533. The van der Waals surface area contributed by atoms with Crippen LogP contribution in [0.3, 0.4) is 0 Å². The van der Waals surface area contributed by atoms with Crippen LogP contribution >= 0.6 is 11.6 Å². The Bertz CT molecular complexity index is 411. The predicted octanol–water partition coefficient (Wildman–Crippen LogP) is 3.46. The molecule has 0 bridgehead atoms. The van der Waals surface area contributed by atoms with Crippen LogP contribution in [0.15, 0.2) is 24.3 Å². The molecule has 0 unspecified atom stereocenters. The van der Waals surface area contributed by atoms with Gasteiger partial charge in [0.05, 0.1) is 0 Å². The average molecular weight is 282 g/mol. The SMILES string of the molecule is CC(=O)ON1CCC(CCc2ccc(Cl)cc2)CC1. The quantitative estimate of drug-likeness (QED) is 0.846. The molecule has 1 fully saturated rings. The Morgan fingerprint density at radius 3 is 2.53 bits per heavy atom. The van der Waals surface area contributed by atoms with Crippen molar-refractivity contribution >= 4 is 17.6 Å². The van der Waals surface area contributed by atoms with Crippen LogP contribution < -0.4 is 0 Å². The first-order valence-electron chi connectivity index (χ1n) is 6.81. The molecule has 1 aliphatic heterocycles. The van der Waals surface area contributed by atoms with Crippen molar-refractivity contribution < 1.29 is 9.63 Å². The van der Waals surface area contributed by atoms with Crippen molar-refractivity contribution in [2.45, 2.75) is 32.6 Å². The molecule has 0 atom stereocenters. The summed E-state index contributed by atoms with van der Waals surface area (Å²) in [6.45, 7) is 3.16. The number of nitrogens with zero attached hydrogens (tertiary/aromatic N) is 1. The molecule has 19 heavy (non-hydrogen) atoms. The summed E-state index contributed by atoms with van der Waals surface area (Å²) in [6, 6.07) is 8.08. The molecule has 2 rings (SSSR count). The van der Waals surface area contributed by atoms with Gasteiger partial charge in [0.1, 0.15) is 0 Å². The zero-order valence-corrected chi connectivity index (χ0v) is 12.0. The van der Waals surface area contributed by atoms with Crippen molar-refractivity contribution in [1.29, 1.82) is 0 Å². The first kappa shape index (κ1) is 14.4. The highest BCUT2D eigenvalue weighted by Crippen LogP contribution is 2.23. The van der Waals surface area contributed by atoms with E-state index in [4.69, 9.17) is 16.4 Å². The monoisotopic (exact) mass is 281 g/mol. The van der Waals surface area contributed by atoms with Crippen molar-refractivity contribution in [2.24, 2.45) is 5.92 Å². The van der Waals surface area contributed by atoms with Crippen LogP contribution in [0.4, 0.5) is 0 Å². The largest absolute Gasteiger partial charge is 0.368 e. The van der Waals surface area contributed by atoms with E-state index in [1.165, 1.54) is 18.9 Å². The van der Waals surface area contributed by atoms with Gasteiger partial charge in [-0.2, -0.15) is 0 Å². The number of aryl methyl sites for hydroxylation is 1. The summed E-state index contributed by atoms with van der Waals surface area (Å²) in [6.07, 6.45) is 4.48. The molecule has 1 aliphatic rings. The Labute approximate surface area is 119 Å². The van der Waals surface area contributed by atoms with Crippen molar-refractivity contribution in [1.82, 2.24) is 5.06 Å². The molecule has 0 N–H and O–H groups in total. The molecular formula is C15H20ClNO2. The van der Waals surface area contributed by atoms with Gasteiger partial charge >= 0.3 is 5.97 Å². The van der Waals surface area contributed by atoms with E-state index in [-0.39, 0.29) is 5.97 Å². The highest BCUT2D eigenvalue weighted by molar-refractivity contribution is 6.30. The molecule has 0 spiro atoms. The number of hydrogen-bond donors (Lipinski definition) is 0. The summed E-state index contributed by atoms with van der Waals surface area (Å²) >= 11 is 5.87. The van der Waals surface area contributed by atoms with Gasteiger partial charge in [0.25, 0.3) is 0 Å². The summed E-state index contributed by atoms with van der Waals surface area (Å²) in [7, 11) is 0. The van der Waals surface area contributed by atoms with Crippen molar-refractivity contribution in [3.63, 3.8) is 0 Å². The van der Waals surface area contributed by atoms with Gasteiger partial charge in [0.2, 0.25) is 0 Å². The maximum Gasteiger partial charge on any atom is 0.322 e. The lowest BCUT2D eigenvalue weighted by Crippen LogP contribution is -2.35. The van der Waals surface area contributed by atoms with E-state index in [1.807, 2.05) is 12.1 Å². The van der Waals surface area contributed by atoms with E-state index >= 15 is 0 Å². The summed E-state index contributed by atoms with van der Waals surface area (Å²) < 4.78 is 0. The minimum atomic E-state index is -0.223. The third-order valence-corrected chi connectivity index (χ3v) is 3.84. The van der Waals surface area contributed by atoms with Crippen LogP contribution in [0.5, 0.6) is 0 Å². The number of carbonyl (C=O) groups is 1. The lowest BCUT2D eigenvalue weighted by atomic mass is 9.91. The summed E-state index contributed by atoms with van der Waals surface area (Å²) in [5, 5.41) is 2.57. The first-order valence-corrected chi connectivity index (χ1v) is 7.19. The molecule has 0 aliphatic carbocycles. The molecule has 1 aromatic carbocycles. The lowest BCUT2D eigenvalue weighted by Gasteiger charge is -2.30. The van der Waals surface area contributed by atoms with Gasteiger partial charge in [0, 0.05) is 25.0 Å². The summed E-state index contributed by atoms with van der Waals surface area (Å²) in [5.74, 6) is 0.502. The molecule has 1 heterocycles. The Kier molecular flexibility index (Phi) is 5.23. The molecule has 104 valence electrons. The average Bonchev–Trinajstić information content (AvgIpc) is 2.39. The van der Waals surface area contributed by atoms with Crippen LogP contribution in [-0.2, 0) is 16.1 Å². The maximum absolute atomic E-state index is 10.9. The second-order valence-electron chi connectivity index (χ2n) is 5.12. The third kappa shape index (κ3) is 4.84. The minimum Gasteiger partial charge on any atom is -0.368 e. The second-order valence-corrected chi connectivity index (χ2v) is 5.56. The number of piperidine rings is 1. The topological polar surface area (TPSA) is 29.5 Å². The Hall–Kier alpha value is -1.06. The lowest BCUT2D eigenvalue weighted by molar-refractivity contribution is -0.193. The smallest absolute Gasteiger partial charge is 0.322 e. The second kappa shape index (κ2) is 6.92. The molecule has 1 saturated heterocycles. The fourth-order valence-corrected chi connectivity index (χ4v) is 2.62. The van der Waals surface area contributed by atoms with Crippen molar-refractivity contribution in [3.8, 4) is 0 Å². The number of hydroxylamine groups is 2. The predicted molar refractivity (Wildman–Crippen MR) is 75.8 cm³/mol. The molecule has 0 aromatic heterocycles. The van der Waals surface area contributed by atoms with Crippen LogP contribution in [0.25, 0.3) is 0 Å². The molecule has 0 radical (unpaired) electrons. The van der Waals surface area contributed by atoms with Crippen molar-refractivity contribution in [2.75, 3.05) is 13.1 Å². The Morgan fingerprint density at radius 2 is 1.95 bits per heavy atom. The summed E-state index contributed by atoms with van der Waals surface area (Å²) in [5.41, 5.74) is 1.34. The van der Waals surface area contributed by atoms with E-state index in [9.17, 15) is 4.79 Å². The van der Waals surface area contributed by atoms with Crippen LogP contribution in [-0.4, -0.2) is 24.1 Å². The van der Waals surface area contributed by atoms with Crippen LogP contribution in [0.1, 0.15) is 31.7 Å². The van der Waals surface area contributed by atoms with E-state index in [0.717, 1.165) is 43.3 Å². The maximum atomic E-state index is 10.9. The van der Waals surface area contributed by atoms with Crippen LogP contribution in [0.2, 0.25) is 5.02 Å². The van der Waals surface area contributed by atoms with E-state index in [1.54, 1.807) is 5.06 Å². The van der Waals surface area contributed by atoms with E-state index < -0.39 is 0 Å². The third-order valence-electron chi connectivity index (χ3n) is 3.59. The highest BCUT2D eigenvalue weighted by Gasteiger charge is 2.20. The Morgan fingerprint density at radius 1 is 1.32 bits per heavy atom. The van der Waals surface area contributed by atoms with Gasteiger partial charge in [-0.15, -0.1) is 5.06 Å². The molecule has 4 heteroatoms. The number of carbonyl (C=O) groups excluding carboxylic acids is 1. The van der Waals surface area contributed by atoms with Gasteiger partial charge in [0.15, 0.2) is 0 Å². The molecule has 0 saturated carbocycles. The molecule has 3 nitrogen and oxygen atoms in total. The standard InChI is InChI=1S/C15H20ClNO2/c1-12(18)19-17-10-8-14(9-11-17)3-2-13-4-6-15(16)7-5-13/h4-7,14H,2-3,8-11H2,1H3.